The molecular formula is C20H24N6. The van der Waals surface area contributed by atoms with Crippen LogP contribution in [0.25, 0.3) is 11.3 Å². The fraction of sp³-hybridized carbons (Fsp3) is 0.350. The summed E-state index contributed by atoms with van der Waals surface area (Å²) in [7, 11) is 1.99. The smallest absolute Gasteiger partial charge is 0.150 e. The topological polar surface area (TPSA) is 50.1 Å². The third-order valence-electron chi connectivity index (χ3n) is 5.04. The highest BCUT2D eigenvalue weighted by Crippen LogP contribution is 2.25. The molecule has 0 aliphatic carbocycles. The van der Waals surface area contributed by atoms with Crippen LogP contribution in [0.5, 0.6) is 0 Å². The Bertz CT molecular complexity index is 879. The summed E-state index contributed by atoms with van der Waals surface area (Å²) >= 11 is 0. The molecule has 4 rings (SSSR count). The molecule has 1 aliphatic heterocycles. The van der Waals surface area contributed by atoms with Crippen LogP contribution in [-0.2, 0) is 13.6 Å². The number of nitrogens with zero attached hydrogens (tertiary/aromatic N) is 6. The van der Waals surface area contributed by atoms with Gasteiger partial charge in [0, 0.05) is 63.9 Å². The highest BCUT2D eigenvalue weighted by molar-refractivity contribution is 5.63. The average Bonchev–Trinajstić information content (AvgIpc) is 3.09. The molecule has 134 valence electrons. The van der Waals surface area contributed by atoms with Crippen molar-refractivity contribution in [2.75, 3.05) is 31.1 Å². The Morgan fingerprint density at radius 3 is 2.42 bits per heavy atom. The van der Waals surface area contributed by atoms with Crippen LogP contribution in [0.4, 0.5) is 5.82 Å². The van der Waals surface area contributed by atoms with Gasteiger partial charge in [-0.05, 0) is 18.6 Å². The molecule has 1 aliphatic rings. The van der Waals surface area contributed by atoms with Crippen molar-refractivity contribution >= 4 is 5.82 Å². The largest absolute Gasteiger partial charge is 0.353 e. The monoisotopic (exact) mass is 348 g/mol. The van der Waals surface area contributed by atoms with E-state index in [0.717, 1.165) is 49.9 Å². The quantitative estimate of drug-likeness (QED) is 0.725. The van der Waals surface area contributed by atoms with Gasteiger partial charge in [0.15, 0.2) is 0 Å². The van der Waals surface area contributed by atoms with Crippen molar-refractivity contribution in [3.8, 4) is 11.3 Å². The number of aromatic nitrogens is 4. The molecule has 1 saturated heterocycles. The van der Waals surface area contributed by atoms with E-state index in [2.05, 4.69) is 55.2 Å². The summed E-state index contributed by atoms with van der Waals surface area (Å²) in [6.07, 6.45) is 5.39. The lowest BCUT2D eigenvalue weighted by molar-refractivity contribution is 0.249. The molecule has 0 atom stereocenters. The second-order valence-corrected chi connectivity index (χ2v) is 6.73. The van der Waals surface area contributed by atoms with Gasteiger partial charge in [0.05, 0.1) is 11.4 Å². The first-order valence-corrected chi connectivity index (χ1v) is 9.03. The predicted octanol–water partition coefficient (Wildman–Crippen LogP) is 2.51. The fourth-order valence-corrected chi connectivity index (χ4v) is 3.62. The van der Waals surface area contributed by atoms with Gasteiger partial charge in [-0.3, -0.25) is 14.6 Å². The third kappa shape index (κ3) is 3.32. The van der Waals surface area contributed by atoms with Crippen LogP contribution in [-0.4, -0.2) is 50.8 Å². The fourth-order valence-electron chi connectivity index (χ4n) is 3.62. The average molecular weight is 348 g/mol. The van der Waals surface area contributed by atoms with Crippen molar-refractivity contribution < 1.29 is 0 Å². The van der Waals surface area contributed by atoms with Crippen LogP contribution in [0.15, 0.2) is 48.9 Å². The van der Waals surface area contributed by atoms with E-state index < -0.39 is 0 Å². The highest BCUT2D eigenvalue weighted by Gasteiger charge is 2.20. The Morgan fingerprint density at radius 2 is 1.69 bits per heavy atom. The highest BCUT2D eigenvalue weighted by atomic mass is 15.3. The zero-order valence-corrected chi connectivity index (χ0v) is 15.3. The Hall–Kier alpha value is -2.73. The van der Waals surface area contributed by atoms with Crippen molar-refractivity contribution in [1.82, 2.24) is 24.6 Å². The maximum absolute atomic E-state index is 4.50. The van der Waals surface area contributed by atoms with Crippen LogP contribution >= 0.6 is 0 Å². The zero-order chi connectivity index (χ0) is 17.9. The molecule has 0 bridgehead atoms. The van der Waals surface area contributed by atoms with Crippen molar-refractivity contribution in [3.63, 3.8) is 0 Å². The second kappa shape index (κ2) is 7.25. The van der Waals surface area contributed by atoms with E-state index in [1.807, 2.05) is 24.9 Å². The lowest BCUT2D eigenvalue weighted by Gasteiger charge is -2.36. The molecule has 6 nitrogen and oxygen atoms in total. The molecule has 1 fully saturated rings. The van der Waals surface area contributed by atoms with Crippen molar-refractivity contribution in [2.45, 2.75) is 13.5 Å². The van der Waals surface area contributed by atoms with Gasteiger partial charge in [-0.1, -0.05) is 24.3 Å². The van der Waals surface area contributed by atoms with Gasteiger partial charge in [-0.15, -0.1) is 0 Å². The van der Waals surface area contributed by atoms with Gasteiger partial charge < -0.3 is 4.90 Å². The maximum atomic E-state index is 4.50. The van der Waals surface area contributed by atoms with E-state index in [-0.39, 0.29) is 0 Å². The lowest BCUT2D eigenvalue weighted by Crippen LogP contribution is -2.46. The van der Waals surface area contributed by atoms with Gasteiger partial charge in [0.2, 0.25) is 0 Å². The normalized spacial score (nSPS) is 15.4. The number of anilines is 1. The summed E-state index contributed by atoms with van der Waals surface area (Å²) in [5, 5.41) is 4.32. The molecule has 0 unspecified atom stereocenters. The van der Waals surface area contributed by atoms with E-state index in [1.54, 1.807) is 12.4 Å². The minimum absolute atomic E-state index is 0.953. The SMILES string of the molecule is Cc1nccnc1N1CCN(Cc2ccccc2-c2ccnn2C)CC1. The molecular weight excluding hydrogens is 324 g/mol. The van der Waals surface area contributed by atoms with E-state index in [1.165, 1.54) is 11.1 Å². The zero-order valence-electron chi connectivity index (χ0n) is 15.3. The molecule has 0 amide bonds. The molecule has 1 aromatic carbocycles. The Labute approximate surface area is 154 Å². The van der Waals surface area contributed by atoms with Crippen LogP contribution in [0.3, 0.4) is 0 Å². The number of piperazine rings is 1. The number of rotatable bonds is 4. The van der Waals surface area contributed by atoms with Crippen molar-refractivity contribution in [2.24, 2.45) is 7.05 Å². The van der Waals surface area contributed by atoms with Gasteiger partial charge >= 0.3 is 0 Å². The standard InChI is InChI=1S/C20H24N6/c1-16-20(22-10-9-21-16)26-13-11-25(12-14-26)15-17-5-3-4-6-18(17)19-7-8-23-24(19)2/h3-10H,11-15H2,1-2H3. The van der Waals surface area contributed by atoms with Gasteiger partial charge in [-0.25, -0.2) is 4.98 Å². The van der Waals surface area contributed by atoms with Crippen LogP contribution in [0.2, 0.25) is 0 Å². The predicted molar refractivity (Wildman–Crippen MR) is 103 cm³/mol. The first-order chi connectivity index (χ1) is 12.7. The Kier molecular flexibility index (Phi) is 4.67. The van der Waals surface area contributed by atoms with E-state index in [0.29, 0.717) is 0 Å². The first kappa shape index (κ1) is 16.7. The van der Waals surface area contributed by atoms with Gasteiger partial charge in [0.25, 0.3) is 0 Å². The summed E-state index contributed by atoms with van der Waals surface area (Å²) in [6.45, 7) is 6.99. The summed E-state index contributed by atoms with van der Waals surface area (Å²) in [4.78, 5) is 13.7. The molecule has 0 saturated carbocycles. The molecule has 3 heterocycles. The summed E-state index contributed by atoms with van der Waals surface area (Å²) in [6, 6.07) is 10.7. The number of aryl methyl sites for hydroxylation is 2. The summed E-state index contributed by atoms with van der Waals surface area (Å²) in [5.41, 5.74) is 4.77. The van der Waals surface area contributed by atoms with Gasteiger partial charge in [-0.2, -0.15) is 5.10 Å². The van der Waals surface area contributed by atoms with E-state index >= 15 is 0 Å². The van der Waals surface area contributed by atoms with E-state index in [9.17, 15) is 0 Å². The van der Waals surface area contributed by atoms with Crippen LogP contribution in [0.1, 0.15) is 11.3 Å². The summed E-state index contributed by atoms with van der Waals surface area (Å²) in [5.74, 6) is 1.02. The minimum Gasteiger partial charge on any atom is -0.353 e. The molecule has 6 heteroatoms. The summed E-state index contributed by atoms with van der Waals surface area (Å²) < 4.78 is 1.94. The number of hydrogen-bond acceptors (Lipinski definition) is 5. The number of hydrogen-bond donors (Lipinski definition) is 0. The molecule has 0 N–H and O–H groups in total. The third-order valence-corrected chi connectivity index (χ3v) is 5.04. The van der Waals surface area contributed by atoms with Crippen LogP contribution < -0.4 is 4.90 Å². The molecule has 26 heavy (non-hydrogen) atoms. The molecule has 2 aromatic heterocycles. The molecule has 0 radical (unpaired) electrons. The Balaban J connectivity index is 1.46. The lowest BCUT2D eigenvalue weighted by atomic mass is 10.0. The van der Waals surface area contributed by atoms with Crippen molar-refractivity contribution in [1.29, 1.82) is 0 Å². The first-order valence-electron chi connectivity index (χ1n) is 9.03. The maximum Gasteiger partial charge on any atom is 0.150 e. The van der Waals surface area contributed by atoms with Crippen molar-refractivity contribution in [3.05, 3.63) is 60.2 Å². The molecule has 0 spiro atoms. The second-order valence-electron chi connectivity index (χ2n) is 6.73. The van der Waals surface area contributed by atoms with Gasteiger partial charge in [0.1, 0.15) is 5.82 Å². The van der Waals surface area contributed by atoms with E-state index in [4.69, 9.17) is 0 Å². The minimum atomic E-state index is 0.953. The number of benzene rings is 1. The van der Waals surface area contributed by atoms with Crippen LogP contribution in [0, 0.1) is 6.92 Å². The Morgan fingerprint density at radius 1 is 0.923 bits per heavy atom. The molecule has 3 aromatic rings.